The van der Waals surface area contributed by atoms with Gasteiger partial charge in [0.15, 0.2) is 0 Å². The van der Waals surface area contributed by atoms with Crippen LogP contribution in [0.15, 0.2) is 24.3 Å². The topological polar surface area (TPSA) is 52.6 Å². The number of rotatable bonds is 5. The van der Waals surface area contributed by atoms with Gasteiger partial charge in [-0.3, -0.25) is 4.79 Å². The molecule has 1 unspecified atom stereocenters. The van der Waals surface area contributed by atoms with Crippen LogP contribution in [-0.2, 0) is 4.79 Å². The second-order valence-corrected chi connectivity index (χ2v) is 4.99. The van der Waals surface area contributed by atoms with E-state index < -0.39 is 0 Å². The highest BCUT2D eigenvalue weighted by molar-refractivity contribution is 5.78. The van der Waals surface area contributed by atoms with Gasteiger partial charge >= 0.3 is 0 Å². The Morgan fingerprint density at radius 3 is 2.68 bits per heavy atom. The molecular weight excluding hydrogens is 240 g/mol. The summed E-state index contributed by atoms with van der Waals surface area (Å²) in [5.41, 5.74) is 0.860. The summed E-state index contributed by atoms with van der Waals surface area (Å²) in [6, 6.07) is 7.31. The average molecular weight is 262 g/mol. The predicted octanol–water partition coefficient (Wildman–Crippen LogP) is 2.06. The van der Waals surface area contributed by atoms with Gasteiger partial charge in [0.05, 0.1) is 6.54 Å². The Kier molecular flexibility index (Phi) is 4.80. The number of carbonyl (C=O) groups is 1. The molecule has 0 radical (unpaired) electrons. The highest BCUT2D eigenvalue weighted by Gasteiger charge is 2.19. The molecule has 2 rings (SSSR count). The van der Waals surface area contributed by atoms with E-state index in [4.69, 9.17) is 0 Å². The number of benzene rings is 1. The van der Waals surface area contributed by atoms with E-state index >= 15 is 0 Å². The zero-order valence-electron chi connectivity index (χ0n) is 11.4. The molecule has 1 fully saturated rings. The molecule has 1 aromatic rings. The Bertz CT molecular complexity index is 428. The highest BCUT2D eigenvalue weighted by atomic mass is 16.3. The summed E-state index contributed by atoms with van der Waals surface area (Å²) in [4.78, 5) is 13.9. The minimum Gasteiger partial charge on any atom is -0.508 e. The first-order valence-corrected chi connectivity index (χ1v) is 7.01. The molecule has 0 spiro atoms. The molecule has 2 N–H and O–H groups in total. The molecule has 1 saturated heterocycles. The number of likely N-dealkylation sites (tertiary alicyclic amines) is 1. The quantitative estimate of drug-likeness (QED) is 0.854. The predicted molar refractivity (Wildman–Crippen MR) is 75.0 cm³/mol. The van der Waals surface area contributed by atoms with Crippen molar-refractivity contribution in [2.24, 2.45) is 0 Å². The number of nitrogens with one attached hydrogen (secondary N) is 1. The van der Waals surface area contributed by atoms with Gasteiger partial charge in [-0.15, -0.1) is 0 Å². The van der Waals surface area contributed by atoms with Crippen LogP contribution < -0.4 is 5.32 Å². The Labute approximate surface area is 114 Å². The van der Waals surface area contributed by atoms with Crippen LogP contribution in [0.2, 0.25) is 0 Å². The maximum atomic E-state index is 12.0. The summed E-state index contributed by atoms with van der Waals surface area (Å²) in [6.07, 6.45) is 3.07. The molecule has 1 aliphatic heterocycles. The summed E-state index contributed by atoms with van der Waals surface area (Å²) in [6.45, 7) is 4.15. The lowest BCUT2D eigenvalue weighted by Crippen LogP contribution is -2.37. The largest absolute Gasteiger partial charge is 0.508 e. The maximum absolute atomic E-state index is 12.0. The van der Waals surface area contributed by atoms with Crippen LogP contribution >= 0.6 is 0 Å². The van der Waals surface area contributed by atoms with Crippen molar-refractivity contribution in [1.82, 2.24) is 10.2 Å². The van der Waals surface area contributed by atoms with E-state index in [1.165, 1.54) is 0 Å². The molecule has 4 heteroatoms. The molecule has 1 amide bonds. The van der Waals surface area contributed by atoms with Crippen molar-refractivity contribution in [2.45, 2.75) is 32.2 Å². The number of aromatic hydroxyl groups is 1. The molecule has 104 valence electrons. The van der Waals surface area contributed by atoms with Crippen LogP contribution in [0.25, 0.3) is 0 Å². The maximum Gasteiger partial charge on any atom is 0.236 e. The molecule has 1 atom stereocenters. The number of hydrogen-bond acceptors (Lipinski definition) is 3. The fraction of sp³-hybridized carbons (Fsp3) is 0.533. The van der Waals surface area contributed by atoms with Gasteiger partial charge in [0.2, 0.25) is 5.91 Å². The molecular formula is C15H22N2O2. The van der Waals surface area contributed by atoms with Gasteiger partial charge in [-0.1, -0.05) is 25.1 Å². The zero-order valence-corrected chi connectivity index (χ0v) is 11.4. The molecule has 19 heavy (non-hydrogen) atoms. The smallest absolute Gasteiger partial charge is 0.236 e. The molecule has 0 saturated carbocycles. The lowest BCUT2D eigenvalue weighted by molar-refractivity contribution is -0.129. The number of amides is 1. The van der Waals surface area contributed by atoms with Crippen molar-refractivity contribution >= 4 is 5.91 Å². The molecule has 0 aromatic heterocycles. The lowest BCUT2D eigenvalue weighted by atomic mass is 10.0. The normalized spacial score (nSPS) is 16.6. The van der Waals surface area contributed by atoms with Crippen molar-refractivity contribution in [2.75, 3.05) is 19.6 Å². The van der Waals surface area contributed by atoms with E-state index in [2.05, 4.69) is 5.32 Å². The van der Waals surface area contributed by atoms with Crippen molar-refractivity contribution in [3.63, 3.8) is 0 Å². The number of carbonyl (C=O) groups excluding carboxylic acids is 1. The van der Waals surface area contributed by atoms with E-state index in [1.807, 2.05) is 24.0 Å². The Balaban J connectivity index is 1.92. The Hall–Kier alpha value is -1.55. The van der Waals surface area contributed by atoms with Gasteiger partial charge in [0.25, 0.3) is 0 Å². The molecule has 1 aliphatic rings. The van der Waals surface area contributed by atoms with Crippen molar-refractivity contribution in [1.29, 1.82) is 0 Å². The minimum absolute atomic E-state index is 0.0211. The number of nitrogens with zero attached hydrogens (tertiary/aromatic N) is 1. The third-order valence-electron chi connectivity index (χ3n) is 3.68. The highest BCUT2D eigenvalue weighted by Crippen LogP contribution is 2.25. The van der Waals surface area contributed by atoms with Crippen molar-refractivity contribution < 1.29 is 9.90 Å². The van der Waals surface area contributed by atoms with Crippen LogP contribution in [0.4, 0.5) is 0 Å². The second kappa shape index (κ2) is 6.57. The van der Waals surface area contributed by atoms with Crippen LogP contribution in [0.3, 0.4) is 0 Å². The van der Waals surface area contributed by atoms with Crippen molar-refractivity contribution in [3.05, 3.63) is 29.8 Å². The molecule has 1 aromatic carbocycles. The van der Waals surface area contributed by atoms with Gasteiger partial charge in [-0.05, 0) is 25.3 Å². The van der Waals surface area contributed by atoms with E-state index in [-0.39, 0.29) is 17.7 Å². The molecule has 1 heterocycles. The van der Waals surface area contributed by atoms with Gasteiger partial charge < -0.3 is 15.3 Å². The Morgan fingerprint density at radius 1 is 1.37 bits per heavy atom. The first-order valence-electron chi connectivity index (χ1n) is 7.01. The molecule has 4 nitrogen and oxygen atoms in total. The zero-order chi connectivity index (χ0) is 13.7. The number of phenolic OH excluding ortho intramolecular Hbond substituents is 1. The van der Waals surface area contributed by atoms with Crippen LogP contribution in [0.1, 0.15) is 37.8 Å². The van der Waals surface area contributed by atoms with Crippen LogP contribution in [0.5, 0.6) is 5.75 Å². The summed E-state index contributed by atoms with van der Waals surface area (Å²) >= 11 is 0. The van der Waals surface area contributed by atoms with Crippen LogP contribution in [-0.4, -0.2) is 35.5 Å². The molecule has 0 bridgehead atoms. The lowest BCUT2D eigenvalue weighted by Gasteiger charge is -2.21. The van der Waals surface area contributed by atoms with Crippen LogP contribution in [0, 0.1) is 0 Å². The minimum atomic E-state index is 0.0211. The summed E-state index contributed by atoms with van der Waals surface area (Å²) in [5, 5.41) is 13.1. The van der Waals surface area contributed by atoms with E-state index in [1.54, 1.807) is 12.1 Å². The SMILES string of the molecule is CCC(NCC(=O)N1CCCC1)c1ccccc1O. The molecule has 0 aliphatic carbocycles. The average Bonchev–Trinajstić information content (AvgIpc) is 2.95. The van der Waals surface area contributed by atoms with E-state index in [9.17, 15) is 9.90 Å². The summed E-state index contributed by atoms with van der Waals surface area (Å²) < 4.78 is 0. The Morgan fingerprint density at radius 2 is 2.05 bits per heavy atom. The second-order valence-electron chi connectivity index (χ2n) is 4.99. The third kappa shape index (κ3) is 3.47. The number of hydrogen-bond donors (Lipinski definition) is 2. The number of para-hydroxylation sites is 1. The summed E-state index contributed by atoms with van der Waals surface area (Å²) in [5.74, 6) is 0.446. The first-order chi connectivity index (χ1) is 9.22. The van der Waals surface area contributed by atoms with Crippen molar-refractivity contribution in [3.8, 4) is 5.75 Å². The van der Waals surface area contributed by atoms with Gasteiger partial charge in [-0.25, -0.2) is 0 Å². The fourth-order valence-corrected chi connectivity index (χ4v) is 2.55. The summed E-state index contributed by atoms with van der Waals surface area (Å²) in [7, 11) is 0. The van der Waals surface area contributed by atoms with Gasteiger partial charge in [-0.2, -0.15) is 0 Å². The number of phenols is 1. The van der Waals surface area contributed by atoms with E-state index in [0.29, 0.717) is 6.54 Å². The standard InChI is InChI=1S/C15H22N2O2/c1-2-13(12-7-3-4-8-14(12)18)16-11-15(19)17-9-5-6-10-17/h3-4,7-8,13,16,18H,2,5-6,9-11H2,1H3. The third-order valence-corrected chi connectivity index (χ3v) is 3.68. The monoisotopic (exact) mass is 262 g/mol. The fourth-order valence-electron chi connectivity index (χ4n) is 2.55. The van der Waals surface area contributed by atoms with Gasteiger partial charge in [0.1, 0.15) is 5.75 Å². The first kappa shape index (κ1) is 13.9. The van der Waals surface area contributed by atoms with E-state index in [0.717, 1.165) is 37.9 Å². The van der Waals surface area contributed by atoms with Gasteiger partial charge in [0, 0.05) is 24.7 Å².